The van der Waals surface area contributed by atoms with Gasteiger partial charge in [0.1, 0.15) is 17.4 Å². The van der Waals surface area contributed by atoms with Gasteiger partial charge in [0.2, 0.25) is 0 Å². The van der Waals surface area contributed by atoms with Gasteiger partial charge >= 0.3 is 17.8 Å². The average Bonchev–Trinajstić information content (AvgIpc) is 3.25. The van der Waals surface area contributed by atoms with Crippen molar-refractivity contribution in [2.75, 3.05) is 11.9 Å². The van der Waals surface area contributed by atoms with E-state index in [0.717, 1.165) is 35.3 Å². The van der Waals surface area contributed by atoms with Crippen LogP contribution < -0.4 is 15.5 Å². The summed E-state index contributed by atoms with van der Waals surface area (Å²) in [5.74, 6) is -1.20. The largest absolute Gasteiger partial charge is 0.489 e. The average molecular weight is 520 g/mol. The summed E-state index contributed by atoms with van der Waals surface area (Å²) in [6.45, 7) is 4.53. The third-order valence-electron chi connectivity index (χ3n) is 5.91. The Hall–Kier alpha value is -3.98. The molecule has 3 aromatic rings. The topological polar surface area (TPSA) is 106 Å². The Kier molecular flexibility index (Phi) is 8.68. The molecular weight excluding hydrogens is 490 g/mol. The molecule has 0 aliphatic heterocycles. The van der Waals surface area contributed by atoms with Gasteiger partial charge in [-0.2, -0.15) is 5.10 Å². The number of nitrogens with zero attached hydrogens (tertiary/aromatic N) is 1. The predicted molar refractivity (Wildman–Crippen MR) is 143 cm³/mol. The standard InChI is InChI=1S/C28H29N3O5S/c1-3-35-28(34)24-22-13-12-18(2)14-23(22)37-27(24)30-25(32)26(33)31-29-16-20-10-7-11-21(15-20)36-17-19-8-5-4-6-9-19/h4-11,15-16,18H,3,12-14,17H2,1-2H3,(H,30,32)(H,31,33)/b29-16+. The van der Waals surface area contributed by atoms with Gasteiger partial charge < -0.3 is 14.8 Å². The van der Waals surface area contributed by atoms with Crippen molar-refractivity contribution in [3.63, 3.8) is 0 Å². The first-order valence-corrected chi connectivity index (χ1v) is 13.0. The second-order valence-electron chi connectivity index (χ2n) is 8.78. The Morgan fingerprint density at radius 2 is 1.92 bits per heavy atom. The van der Waals surface area contributed by atoms with Crippen molar-refractivity contribution in [1.29, 1.82) is 0 Å². The van der Waals surface area contributed by atoms with Gasteiger partial charge in [-0.3, -0.25) is 9.59 Å². The normalized spacial score (nSPS) is 14.6. The maximum absolute atomic E-state index is 12.6. The van der Waals surface area contributed by atoms with Crippen molar-refractivity contribution < 1.29 is 23.9 Å². The van der Waals surface area contributed by atoms with Crippen LogP contribution >= 0.6 is 11.3 Å². The van der Waals surface area contributed by atoms with E-state index in [1.807, 2.05) is 42.5 Å². The van der Waals surface area contributed by atoms with Gasteiger partial charge in [-0.1, -0.05) is 49.4 Å². The minimum atomic E-state index is -0.942. The third-order valence-corrected chi connectivity index (χ3v) is 7.08. The summed E-state index contributed by atoms with van der Waals surface area (Å²) in [5, 5.41) is 6.82. The van der Waals surface area contributed by atoms with Gasteiger partial charge in [0.15, 0.2) is 0 Å². The zero-order valence-electron chi connectivity index (χ0n) is 20.8. The summed E-state index contributed by atoms with van der Waals surface area (Å²) in [7, 11) is 0. The van der Waals surface area contributed by atoms with E-state index in [0.29, 0.717) is 34.4 Å². The number of amides is 2. The SMILES string of the molecule is CCOC(=O)c1c(NC(=O)C(=O)N/N=C/c2cccc(OCc3ccccc3)c2)sc2c1CCC(C)C2. The highest BCUT2D eigenvalue weighted by Gasteiger charge is 2.30. The number of hydrogen-bond donors (Lipinski definition) is 2. The summed E-state index contributed by atoms with van der Waals surface area (Å²) >= 11 is 1.33. The monoisotopic (exact) mass is 519 g/mol. The molecule has 1 aliphatic rings. The lowest BCUT2D eigenvalue weighted by Gasteiger charge is -2.18. The molecule has 0 fully saturated rings. The molecule has 0 saturated heterocycles. The van der Waals surface area contributed by atoms with Crippen LogP contribution in [0.3, 0.4) is 0 Å². The van der Waals surface area contributed by atoms with Gasteiger partial charge in [-0.25, -0.2) is 10.2 Å². The van der Waals surface area contributed by atoms with Crippen molar-refractivity contribution in [2.24, 2.45) is 11.0 Å². The summed E-state index contributed by atoms with van der Waals surface area (Å²) < 4.78 is 11.0. The van der Waals surface area contributed by atoms with Crippen LogP contribution in [-0.2, 0) is 33.8 Å². The highest BCUT2D eigenvalue weighted by Crippen LogP contribution is 2.40. The Morgan fingerprint density at radius 1 is 1.11 bits per heavy atom. The van der Waals surface area contributed by atoms with E-state index in [9.17, 15) is 14.4 Å². The van der Waals surface area contributed by atoms with Crippen molar-refractivity contribution in [2.45, 2.75) is 39.7 Å². The fraction of sp³-hybridized carbons (Fsp3) is 0.286. The number of hydrogen-bond acceptors (Lipinski definition) is 7. The van der Waals surface area contributed by atoms with E-state index in [2.05, 4.69) is 22.8 Å². The molecule has 8 nitrogen and oxygen atoms in total. The number of fused-ring (bicyclic) bond motifs is 1. The molecular formula is C28H29N3O5S. The summed E-state index contributed by atoms with van der Waals surface area (Å²) in [4.78, 5) is 38.6. The first-order valence-electron chi connectivity index (χ1n) is 12.2. The highest BCUT2D eigenvalue weighted by atomic mass is 32.1. The molecule has 2 amide bonds. The van der Waals surface area contributed by atoms with Gasteiger partial charge in [0, 0.05) is 4.88 Å². The molecule has 37 heavy (non-hydrogen) atoms. The second kappa shape index (κ2) is 12.3. The van der Waals surface area contributed by atoms with Gasteiger partial charge in [0.25, 0.3) is 0 Å². The van der Waals surface area contributed by atoms with Crippen LogP contribution in [-0.4, -0.2) is 30.6 Å². The molecule has 0 saturated carbocycles. The molecule has 2 aromatic carbocycles. The maximum atomic E-state index is 12.6. The number of hydrazone groups is 1. The van der Waals surface area contributed by atoms with E-state index < -0.39 is 17.8 Å². The minimum absolute atomic E-state index is 0.223. The van der Waals surface area contributed by atoms with Gasteiger partial charge in [0.05, 0.1) is 18.4 Å². The predicted octanol–water partition coefficient (Wildman–Crippen LogP) is 4.72. The lowest BCUT2D eigenvalue weighted by molar-refractivity contribution is -0.136. The van der Waals surface area contributed by atoms with Crippen LogP contribution in [0.2, 0.25) is 0 Å². The molecule has 2 N–H and O–H groups in total. The zero-order valence-corrected chi connectivity index (χ0v) is 21.6. The molecule has 1 aliphatic carbocycles. The molecule has 4 rings (SSSR count). The number of benzene rings is 2. The van der Waals surface area contributed by atoms with E-state index in [1.165, 1.54) is 17.6 Å². The summed E-state index contributed by atoms with van der Waals surface area (Å²) in [5.41, 5.74) is 5.24. The highest BCUT2D eigenvalue weighted by molar-refractivity contribution is 7.17. The van der Waals surface area contributed by atoms with E-state index >= 15 is 0 Å². The van der Waals surface area contributed by atoms with Crippen molar-refractivity contribution in [3.8, 4) is 5.75 Å². The number of ether oxygens (including phenoxy) is 2. The zero-order chi connectivity index (χ0) is 26.2. The molecule has 0 spiro atoms. The van der Waals surface area contributed by atoms with Crippen LogP contribution in [0, 0.1) is 5.92 Å². The Labute approximate surface area is 219 Å². The van der Waals surface area contributed by atoms with Crippen LogP contribution in [0.25, 0.3) is 0 Å². The third kappa shape index (κ3) is 6.83. The minimum Gasteiger partial charge on any atom is -0.489 e. The molecule has 0 radical (unpaired) electrons. The van der Waals surface area contributed by atoms with E-state index in [4.69, 9.17) is 9.47 Å². The number of thiophene rings is 1. The molecule has 1 unspecified atom stereocenters. The Balaban J connectivity index is 1.37. The fourth-order valence-corrected chi connectivity index (χ4v) is 5.45. The van der Waals surface area contributed by atoms with Crippen molar-refractivity contribution >= 4 is 40.3 Å². The lowest BCUT2D eigenvalue weighted by atomic mass is 9.88. The number of carbonyl (C=O) groups is 3. The van der Waals surface area contributed by atoms with E-state index in [1.54, 1.807) is 19.1 Å². The molecule has 192 valence electrons. The first-order chi connectivity index (χ1) is 17.9. The van der Waals surface area contributed by atoms with Crippen molar-refractivity contribution in [3.05, 3.63) is 81.7 Å². The first kappa shape index (κ1) is 26.1. The smallest absolute Gasteiger partial charge is 0.341 e. The molecule has 1 aromatic heterocycles. The molecule has 0 bridgehead atoms. The molecule has 9 heteroatoms. The Bertz CT molecular complexity index is 1300. The number of carbonyl (C=O) groups excluding carboxylic acids is 3. The van der Waals surface area contributed by atoms with Crippen LogP contribution in [0.15, 0.2) is 59.7 Å². The molecule has 1 atom stereocenters. The number of esters is 1. The van der Waals surface area contributed by atoms with Crippen LogP contribution in [0.5, 0.6) is 5.75 Å². The Morgan fingerprint density at radius 3 is 2.70 bits per heavy atom. The van der Waals surface area contributed by atoms with Crippen molar-refractivity contribution in [1.82, 2.24) is 5.43 Å². The number of nitrogens with one attached hydrogen (secondary N) is 2. The number of anilines is 1. The maximum Gasteiger partial charge on any atom is 0.341 e. The van der Waals surface area contributed by atoms with Gasteiger partial charge in [-0.05, 0) is 60.9 Å². The van der Waals surface area contributed by atoms with Crippen LogP contribution in [0.4, 0.5) is 5.00 Å². The summed E-state index contributed by atoms with van der Waals surface area (Å²) in [6.07, 6.45) is 3.95. The second-order valence-corrected chi connectivity index (χ2v) is 9.88. The van der Waals surface area contributed by atoms with E-state index in [-0.39, 0.29) is 6.61 Å². The quantitative estimate of drug-likeness (QED) is 0.194. The van der Waals surface area contributed by atoms with Gasteiger partial charge in [-0.15, -0.1) is 11.3 Å². The molecule has 1 heterocycles. The van der Waals surface area contributed by atoms with Crippen LogP contribution in [0.1, 0.15) is 52.2 Å². The summed E-state index contributed by atoms with van der Waals surface area (Å²) in [6, 6.07) is 17.0. The fourth-order valence-electron chi connectivity index (χ4n) is 4.06. The lowest BCUT2D eigenvalue weighted by Crippen LogP contribution is -2.32. The number of rotatable bonds is 8.